The van der Waals surface area contributed by atoms with Crippen LogP contribution in [-0.2, 0) is 6.54 Å². The van der Waals surface area contributed by atoms with E-state index in [-0.39, 0.29) is 29.8 Å². The molecule has 0 spiro atoms. The molecule has 0 aliphatic carbocycles. The summed E-state index contributed by atoms with van der Waals surface area (Å²) in [6, 6.07) is 13.9. The number of halogens is 2. The number of nitrogens with one attached hydrogen (secondary N) is 2. The number of hydrogen-bond donors (Lipinski definition) is 2. The van der Waals surface area contributed by atoms with E-state index in [1.807, 2.05) is 6.07 Å². The predicted molar refractivity (Wildman–Crippen MR) is 127 cm³/mol. The maximum atomic E-state index is 13.2. The largest absolute Gasteiger partial charge is 0.439 e. The van der Waals surface area contributed by atoms with Gasteiger partial charge in [-0.15, -0.1) is 35.3 Å². The quantitative estimate of drug-likeness (QED) is 0.254. The first-order valence-corrected chi connectivity index (χ1v) is 9.88. The molecule has 1 aromatic carbocycles. The molecule has 0 saturated carbocycles. The summed E-state index contributed by atoms with van der Waals surface area (Å²) in [5.74, 6) is 1.65. The Bertz CT molecular complexity index is 903. The first-order chi connectivity index (χ1) is 13.6. The molecule has 0 saturated heterocycles. The Hall–Kier alpha value is -2.20. The van der Waals surface area contributed by atoms with Gasteiger partial charge >= 0.3 is 0 Å². The Morgan fingerprint density at radius 2 is 2.07 bits per heavy atom. The van der Waals surface area contributed by atoms with Gasteiger partial charge in [0.1, 0.15) is 11.6 Å². The molecule has 2 aromatic heterocycles. The highest BCUT2D eigenvalue weighted by atomic mass is 127. The molecule has 2 heterocycles. The fourth-order valence-corrected chi connectivity index (χ4v) is 3.34. The Kier molecular flexibility index (Phi) is 9.33. The normalized spacial score (nSPS) is 12.0. The number of nitrogens with zero attached hydrogens (tertiary/aromatic N) is 2. The number of aliphatic imine (C=N–C) groups is 1. The molecular weight excluding hydrogens is 502 g/mol. The minimum Gasteiger partial charge on any atom is -0.439 e. The van der Waals surface area contributed by atoms with Crippen LogP contribution in [-0.4, -0.2) is 24.5 Å². The number of pyridine rings is 1. The molecule has 0 fully saturated rings. The maximum Gasteiger partial charge on any atom is 0.219 e. The lowest BCUT2D eigenvalue weighted by atomic mass is 10.1. The summed E-state index contributed by atoms with van der Waals surface area (Å²) in [6.07, 6.45) is 1.73. The van der Waals surface area contributed by atoms with Gasteiger partial charge in [0.05, 0.1) is 0 Å². The van der Waals surface area contributed by atoms with E-state index < -0.39 is 0 Å². The summed E-state index contributed by atoms with van der Waals surface area (Å²) in [7, 11) is 1.75. The number of guanidine groups is 1. The van der Waals surface area contributed by atoms with Crippen LogP contribution in [0.1, 0.15) is 23.3 Å². The van der Waals surface area contributed by atoms with Crippen molar-refractivity contribution >= 4 is 41.3 Å². The summed E-state index contributed by atoms with van der Waals surface area (Å²) in [6.45, 7) is 3.58. The topological polar surface area (TPSA) is 58.5 Å². The highest BCUT2D eigenvalue weighted by molar-refractivity contribution is 14.0. The molecule has 0 radical (unpaired) electrons. The second-order valence-electron chi connectivity index (χ2n) is 6.29. The lowest BCUT2D eigenvalue weighted by Crippen LogP contribution is -2.38. The maximum absolute atomic E-state index is 13.2. The van der Waals surface area contributed by atoms with Gasteiger partial charge in [0.2, 0.25) is 5.88 Å². The van der Waals surface area contributed by atoms with Crippen LogP contribution in [0.4, 0.5) is 4.39 Å². The Labute approximate surface area is 191 Å². The van der Waals surface area contributed by atoms with Gasteiger partial charge in [-0.1, -0.05) is 25.1 Å². The average Bonchev–Trinajstić information content (AvgIpc) is 3.24. The smallest absolute Gasteiger partial charge is 0.219 e. The second-order valence-corrected chi connectivity index (χ2v) is 7.27. The fraction of sp³-hybridized carbons (Fsp3) is 0.238. The van der Waals surface area contributed by atoms with E-state index in [9.17, 15) is 4.39 Å². The van der Waals surface area contributed by atoms with Gasteiger partial charge in [-0.05, 0) is 29.1 Å². The van der Waals surface area contributed by atoms with Crippen LogP contribution in [0.3, 0.4) is 0 Å². The first-order valence-electron chi connectivity index (χ1n) is 9.00. The van der Waals surface area contributed by atoms with Gasteiger partial charge in [-0.25, -0.2) is 9.37 Å². The summed E-state index contributed by atoms with van der Waals surface area (Å²) in [4.78, 5) is 9.88. The summed E-state index contributed by atoms with van der Waals surface area (Å²) < 4.78 is 18.8. The van der Waals surface area contributed by atoms with Crippen LogP contribution in [0.2, 0.25) is 0 Å². The van der Waals surface area contributed by atoms with Gasteiger partial charge < -0.3 is 15.4 Å². The predicted octanol–water partition coefficient (Wildman–Crippen LogP) is 5.16. The molecular formula is C21H24FIN4OS. The third kappa shape index (κ3) is 7.28. The Morgan fingerprint density at radius 3 is 2.72 bits per heavy atom. The van der Waals surface area contributed by atoms with E-state index in [2.05, 4.69) is 45.0 Å². The van der Waals surface area contributed by atoms with Crippen molar-refractivity contribution < 1.29 is 9.13 Å². The molecule has 1 unspecified atom stereocenters. The molecule has 0 bridgehead atoms. The van der Waals surface area contributed by atoms with Crippen molar-refractivity contribution in [2.45, 2.75) is 19.4 Å². The van der Waals surface area contributed by atoms with Crippen molar-refractivity contribution in [2.75, 3.05) is 13.6 Å². The van der Waals surface area contributed by atoms with Crippen molar-refractivity contribution in [2.24, 2.45) is 4.99 Å². The van der Waals surface area contributed by atoms with Crippen molar-refractivity contribution in [1.29, 1.82) is 0 Å². The zero-order valence-electron chi connectivity index (χ0n) is 16.3. The highest BCUT2D eigenvalue weighted by Crippen LogP contribution is 2.20. The van der Waals surface area contributed by atoms with Gasteiger partial charge in [0.15, 0.2) is 5.96 Å². The Balaban J connectivity index is 0.00000300. The fourth-order valence-electron chi connectivity index (χ4n) is 2.56. The van der Waals surface area contributed by atoms with Gasteiger partial charge in [0, 0.05) is 49.3 Å². The summed E-state index contributed by atoms with van der Waals surface area (Å²) in [5, 5.41) is 8.71. The van der Waals surface area contributed by atoms with Crippen molar-refractivity contribution in [1.82, 2.24) is 15.6 Å². The minimum atomic E-state index is -0.342. The molecule has 8 heteroatoms. The lowest BCUT2D eigenvalue weighted by Gasteiger charge is -2.15. The minimum absolute atomic E-state index is 0. The SMILES string of the molecule is CN=C(NCc1ccc(Oc2cccc(F)c2)nc1)NCC(C)c1cccs1.I. The molecule has 0 amide bonds. The number of ether oxygens (including phenoxy) is 1. The molecule has 0 aliphatic heterocycles. The molecule has 3 rings (SSSR count). The Morgan fingerprint density at radius 1 is 1.21 bits per heavy atom. The van der Waals surface area contributed by atoms with Gasteiger partial charge in [-0.2, -0.15) is 0 Å². The number of benzene rings is 1. The average molecular weight is 526 g/mol. The van der Waals surface area contributed by atoms with Gasteiger partial charge in [-0.3, -0.25) is 4.99 Å². The lowest BCUT2D eigenvalue weighted by molar-refractivity contribution is 0.457. The summed E-state index contributed by atoms with van der Waals surface area (Å²) in [5.41, 5.74) is 0.987. The molecule has 154 valence electrons. The van der Waals surface area contributed by atoms with Crippen LogP contribution in [0.15, 0.2) is 65.1 Å². The second kappa shape index (κ2) is 11.7. The third-order valence-corrected chi connectivity index (χ3v) is 5.21. The van der Waals surface area contributed by atoms with Crippen LogP contribution in [0.25, 0.3) is 0 Å². The standard InChI is InChI=1S/C21H23FN4OS.HI/c1-15(19-7-4-10-28-19)12-25-21(23-2)26-14-16-8-9-20(24-13-16)27-18-6-3-5-17(22)11-18;/h3-11,13,15H,12,14H2,1-2H3,(H2,23,25,26);1H. The van der Waals surface area contributed by atoms with Crippen molar-refractivity contribution in [3.63, 3.8) is 0 Å². The monoisotopic (exact) mass is 526 g/mol. The third-order valence-electron chi connectivity index (χ3n) is 4.10. The number of aromatic nitrogens is 1. The van der Waals surface area contributed by atoms with E-state index in [1.54, 1.807) is 42.8 Å². The molecule has 5 nitrogen and oxygen atoms in total. The zero-order valence-corrected chi connectivity index (χ0v) is 19.4. The van der Waals surface area contributed by atoms with E-state index in [0.29, 0.717) is 24.1 Å². The summed E-state index contributed by atoms with van der Waals surface area (Å²) >= 11 is 1.76. The molecule has 0 aliphatic rings. The van der Waals surface area contributed by atoms with Crippen LogP contribution < -0.4 is 15.4 Å². The molecule has 1 atom stereocenters. The molecule has 2 N–H and O–H groups in total. The van der Waals surface area contributed by atoms with Crippen LogP contribution in [0.5, 0.6) is 11.6 Å². The highest BCUT2D eigenvalue weighted by Gasteiger charge is 2.08. The van der Waals surface area contributed by atoms with Gasteiger partial charge in [0.25, 0.3) is 0 Å². The van der Waals surface area contributed by atoms with E-state index >= 15 is 0 Å². The zero-order chi connectivity index (χ0) is 19.8. The van der Waals surface area contributed by atoms with E-state index in [0.717, 1.165) is 18.1 Å². The number of hydrogen-bond acceptors (Lipinski definition) is 4. The van der Waals surface area contributed by atoms with E-state index in [4.69, 9.17) is 4.74 Å². The van der Waals surface area contributed by atoms with Crippen LogP contribution >= 0.6 is 35.3 Å². The first kappa shape index (κ1) is 23.1. The van der Waals surface area contributed by atoms with E-state index in [1.165, 1.54) is 17.0 Å². The molecule has 3 aromatic rings. The van der Waals surface area contributed by atoms with Crippen molar-refractivity contribution in [3.05, 3.63) is 76.4 Å². The molecule has 29 heavy (non-hydrogen) atoms. The van der Waals surface area contributed by atoms with Crippen LogP contribution in [0, 0.1) is 5.82 Å². The number of thiophene rings is 1. The van der Waals surface area contributed by atoms with Crippen molar-refractivity contribution in [3.8, 4) is 11.6 Å². The number of rotatable bonds is 7.